The smallest absolute Gasteiger partial charge is 0.241 e. The molecule has 0 saturated heterocycles. The van der Waals surface area contributed by atoms with Gasteiger partial charge < -0.3 is 5.73 Å². The highest BCUT2D eigenvalue weighted by atomic mass is 32.2. The van der Waals surface area contributed by atoms with E-state index in [2.05, 4.69) is 4.72 Å². The van der Waals surface area contributed by atoms with E-state index < -0.39 is 15.6 Å². The van der Waals surface area contributed by atoms with Crippen molar-refractivity contribution in [3.05, 3.63) is 29.3 Å². The number of aryl methyl sites for hydroxylation is 2. The van der Waals surface area contributed by atoms with E-state index in [4.69, 9.17) is 5.73 Å². The molecule has 0 bridgehead atoms. The van der Waals surface area contributed by atoms with Crippen molar-refractivity contribution < 1.29 is 8.42 Å². The maximum atomic E-state index is 12.6. The number of sulfonamides is 1. The lowest BCUT2D eigenvalue weighted by Gasteiger charge is -2.29. The van der Waals surface area contributed by atoms with Gasteiger partial charge in [0.05, 0.1) is 4.90 Å². The van der Waals surface area contributed by atoms with E-state index in [0.29, 0.717) is 17.4 Å². The fourth-order valence-electron chi connectivity index (χ4n) is 3.09. The summed E-state index contributed by atoms with van der Waals surface area (Å²) < 4.78 is 28.0. The molecule has 3 N–H and O–H groups in total. The highest BCUT2D eigenvalue weighted by Crippen LogP contribution is 2.39. The van der Waals surface area contributed by atoms with Gasteiger partial charge in [0.2, 0.25) is 10.0 Å². The summed E-state index contributed by atoms with van der Waals surface area (Å²) in [5.74, 6) is 0.372. The summed E-state index contributed by atoms with van der Waals surface area (Å²) in [4.78, 5) is 0.374. The molecule has 0 aliphatic heterocycles. The van der Waals surface area contributed by atoms with Gasteiger partial charge in [0.25, 0.3) is 0 Å². The maximum absolute atomic E-state index is 12.6. The van der Waals surface area contributed by atoms with Gasteiger partial charge in [-0.3, -0.25) is 0 Å². The van der Waals surface area contributed by atoms with Crippen LogP contribution < -0.4 is 10.5 Å². The van der Waals surface area contributed by atoms with Gasteiger partial charge in [0.15, 0.2) is 0 Å². The minimum absolute atomic E-state index is 0.335. The first kappa shape index (κ1) is 14.0. The molecule has 20 heavy (non-hydrogen) atoms. The molecule has 2 aliphatic rings. The zero-order chi connectivity index (χ0) is 14.4. The molecule has 0 radical (unpaired) electrons. The molecule has 5 heteroatoms. The maximum Gasteiger partial charge on any atom is 0.241 e. The van der Waals surface area contributed by atoms with E-state index in [0.717, 1.165) is 32.1 Å². The Labute approximate surface area is 120 Å². The van der Waals surface area contributed by atoms with Crippen LogP contribution in [0.2, 0.25) is 0 Å². The summed E-state index contributed by atoms with van der Waals surface area (Å²) in [5.41, 5.74) is 7.74. The molecule has 1 atom stereocenters. The van der Waals surface area contributed by atoms with Gasteiger partial charge in [0.1, 0.15) is 0 Å². The zero-order valence-corrected chi connectivity index (χ0v) is 12.7. The molecule has 1 aromatic rings. The quantitative estimate of drug-likeness (QED) is 0.866. The first-order valence-corrected chi connectivity index (χ1v) is 8.79. The second-order valence-corrected chi connectivity index (χ2v) is 7.97. The lowest BCUT2D eigenvalue weighted by molar-refractivity contribution is 0.374. The Morgan fingerprint density at radius 2 is 2.00 bits per heavy atom. The summed E-state index contributed by atoms with van der Waals surface area (Å²) in [7, 11) is -3.49. The van der Waals surface area contributed by atoms with Crippen LogP contribution in [0.3, 0.4) is 0 Å². The molecule has 0 amide bonds. The van der Waals surface area contributed by atoms with E-state index >= 15 is 0 Å². The summed E-state index contributed by atoms with van der Waals surface area (Å²) >= 11 is 0. The lowest BCUT2D eigenvalue weighted by atomic mass is 9.98. The molecule has 0 aromatic heterocycles. The van der Waals surface area contributed by atoms with Crippen LogP contribution in [0.4, 0.5) is 0 Å². The highest BCUT2D eigenvalue weighted by Gasteiger charge is 2.43. The van der Waals surface area contributed by atoms with Crippen molar-refractivity contribution in [2.24, 2.45) is 11.7 Å². The molecular weight excluding hydrogens is 272 g/mol. The van der Waals surface area contributed by atoms with E-state index in [1.165, 1.54) is 11.1 Å². The van der Waals surface area contributed by atoms with Crippen molar-refractivity contribution in [2.75, 3.05) is 6.54 Å². The van der Waals surface area contributed by atoms with Gasteiger partial charge in [-0.2, -0.15) is 0 Å². The lowest BCUT2D eigenvalue weighted by Crippen LogP contribution is -2.52. The molecule has 0 heterocycles. The second kappa shape index (κ2) is 4.83. The first-order valence-electron chi connectivity index (χ1n) is 7.30. The molecule has 2 aliphatic carbocycles. The van der Waals surface area contributed by atoms with E-state index in [1.807, 2.05) is 19.1 Å². The van der Waals surface area contributed by atoms with Gasteiger partial charge in [0, 0.05) is 12.1 Å². The first-order chi connectivity index (χ1) is 9.44. The number of fused-ring (bicyclic) bond motifs is 1. The Morgan fingerprint density at radius 3 is 2.65 bits per heavy atom. The predicted molar refractivity (Wildman–Crippen MR) is 79.0 cm³/mol. The molecule has 1 fully saturated rings. The number of hydrogen-bond donors (Lipinski definition) is 2. The molecule has 3 rings (SSSR count). The van der Waals surface area contributed by atoms with Gasteiger partial charge in [-0.25, -0.2) is 13.1 Å². The highest BCUT2D eigenvalue weighted by molar-refractivity contribution is 7.89. The fraction of sp³-hybridized carbons (Fsp3) is 0.600. The fourth-order valence-corrected chi connectivity index (χ4v) is 4.62. The Bertz CT molecular complexity index is 623. The van der Waals surface area contributed by atoms with Crippen LogP contribution in [0.5, 0.6) is 0 Å². The van der Waals surface area contributed by atoms with Crippen molar-refractivity contribution in [2.45, 2.75) is 49.5 Å². The summed E-state index contributed by atoms with van der Waals surface area (Å²) in [5, 5.41) is 0. The Kier molecular flexibility index (Phi) is 3.39. The van der Waals surface area contributed by atoms with Crippen molar-refractivity contribution in [1.82, 2.24) is 4.72 Å². The Hall–Kier alpha value is -0.910. The molecule has 1 unspecified atom stereocenters. The molecule has 1 saturated carbocycles. The minimum atomic E-state index is -3.49. The van der Waals surface area contributed by atoms with Gasteiger partial charge in [-0.15, -0.1) is 0 Å². The van der Waals surface area contributed by atoms with Crippen LogP contribution in [0, 0.1) is 5.92 Å². The largest absolute Gasteiger partial charge is 0.329 e. The van der Waals surface area contributed by atoms with Crippen LogP contribution in [-0.4, -0.2) is 20.5 Å². The second-order valence-electron chi connectivity index (χ2n) is 6.29. The van der Waals surface area contributed by atoms with Crippen LogP contribution in [-0.2, 0) is 22.9 Å². The van der Waals surface area contributed by atoms with Crippen LogP contribution >= 0.6 is 0 Å². The summed E-state index contributed by atoms with van der Waals surface area (Å²) in [6.07, 6.45) is 5.27. The number of benzene rings is 1. The SMILES string of the molecule is CC(CN)(NS(=O)(=O)c1ccc2c(c1)CCC2)C1CC1. The average Bonchev–Trinajstić information content (AvgIpc) is 3.17. The van der Waals surface area contributed by atoms with Crippen molar-refractivity contribution in [3.8, 4) is 0 Å². The number of hydrogen-bond acceptors (Lipinski definition) is 3. The molecule has 4 nitrogen and oxygen atoms in total. The van der Waals surface area contributed by atoms with Crippen molar-refractivity contribution in [3.63, 3.8) is 0 Å². The number of nitrogens with two attached hydrogens (primary N) is 1. The minimum Gasteiger partial charge on any atom is -0.329 e. The average molecular weight is 294 g/mol. The van der Waals surface area contributed by atoms with E-state index in [9.17, 15) is 8.42 Å². The van der Waals surface area contributed by atoms with Gasteiger partial charge >= 0.3 is 0 Å². The van der Waals surface area contributed by atoms with Crippen LogP contribution in [0.25, 0.3) is 0 Å². The predicted octanol–water partition coefficient (Wildman–Crippen LogP) is 1.58. The monoisotopic (exact) mass is 294 g/mol. The van der Waals surface area contributed by atoms with E-state index in [1.54, 1.807) is 6.07 Å². The third kappa shape index (κ3) is 2.50. The summed E-state index contributed by atoms with van der Waals surface area (Å²) in [6, 6.07) is 5.50. The third-order valence-electron chi connectivity index (χ3n) is 4.65. The van der Waals surface area contributed by atoms with Gasteiger partial charge in [-0.05, 0) is 68.2 Å². The zero-order valence-electron chi connectivity index (χ0n) is 11.9. The summed E-state index contributed by atoms with van der Waals surface area (Å²) in [6.45, 7) is 2.25. The van der Waals surface area contributed by atoms with Crippen molar-refractivity contribution >= 4 is 10.0 Å². The molecule has 1 aromatic carbocycles. The topological polar surface area (TPSA) is 72.2 Å². The number of rotatable bonds is 5. The Morgan fingerprint density at radius 1 is 1.30 bits per heavy atom. The molecule has 110 valence electrons. The standard InChI is InChI=1S/C15H22N2O2S/c1-15(10-16,13-6-7-13)17-20(18,19)14-8-5-11-3-2-4-12(11)9-14/h5,8-9,13,17H,2-4,6-7,10,16H2,1H3. The van der Waals surface area contributed by atoms with E-state index in [-0.39, 0.29) is 0 Å². The van der Waals surface area contributed by atoms with Crippen LogP contribution in [0.1, 0.15) is 37.3 Å². The third-order valence-corrected chi connectivity index (χ3v) is 6.26. The molecular formula is C15H22N2O2S. The Balaban J connectivity index is 1.88. The van der Waals surface area contributed by atoms with Crippen LogP contribution in [0.15, 0.2) is 23.1 Å². The number of nitrogens with one attached hydrogen (secondary N) is 1. The van der Waals surface area contributed by atoms with Crippen molar-refractivity contribution in [1.29, 1.82) is 0 Å². The molecule has 0 spiro atoms. The van der Waals surface area contributed by atoms with Gasteiger partial charge in [-0.1, -0.05) is 6.07 Å². The normalized spacial score (nSPS) is 21.5.